The first-order valence-corrected chi connectivity index (χ1v) is 8.70. The van der Waals surface area contributed by atoms with Crippen LogP contribution in [-0.4, -0.2) is 8.32 Å². The molecular weight excluding hydrogens is 240 g/mol. The summed E-state index contributed by atoms with van der Waals surface area (Å²) in [6.45, 7) is 5.93. The molecule has 0 fully saturated rings. The van der Waals surface area contributed by atoms with Crippen molar-refractivity contribution in [3.63, 3.8) is 0 Å². The Balaban J connectivity index is 2.87. The van der Waals surface area contributed by atoms with Gasteiger partial charge in [-0.15, -0.1) is 0 Å². The van der Waals surface area contributed by atoms with Gasteiger partial charge in [-0.3, -0.25) is 0 Å². The van der Waals surface area contributed by atoms with Crippen molar-refractivity contribution in [3.05, 3.63) is 35.4 Å². The number of alkyl halides is 2. The Morgan fingerprint density at radius 1 is 1.12 bits per heavy atom. The summed E-state index contributed by atoms with van der Waals surface area (Å²) in [6, 6.07) is 7.76. The van der Waals surface area contributed by atoms with Gasteiger partial charge >= 0.3 is 0 Å². The molecule has 0 saturated carbocycles. The normalized spacial score (nSPS) is 13.5. The molecule has 92 valence electrons. The smallest absolute Gasteiger partial charge is 0.263 e. The number of halogens is 2. The number of rotatable bonds is 4. The first-order valence-electron chi connectivity index (χ1n) is 5.29. The maximum Gasteiger partial charge on any atom is 0.263 e. The van der Waals surface area contributed by atoms with E-state index in [0.29, 0.717) is 5.56 Å². The second-order valence-corrected chi connectivity index (χ2v) is 9.17. The second kappa shape index (κ2) is 5.39. The van der Waals surface area contributed by atoms with E-state index in [2.05, 4.69) is 0 Å². The minimum Gasteiger partial charge on any atom is -0.399 e. The summed E-state index contributed by atoms with van der Waals surface area (Å²) in [6.07, 6.45) is -3.16. The van der Waals surface area contributed by atoms with Crippen LogP contribution in [0, 0.1) is 11.3 Å². The molecule has 1 aromatic rings. The minimum absolute atomic E-state index is 0.0431. The number of hydrogen-bond acceptors (Lipinski definition) is 2. The van der Waals surface area contributed by atoms with Crippen LogP contribution in [0.3, 0.4) is 0 Å². The lowest BCUT2D eigenvalue weighted by atomic mass is 10.1. The predicted octanol–water partition coefficient (Wildman–Crippen LogP) is 4.04. The van der Waals surface area contributed by atoms with E-state index < -0.39 is 20.8 Å². The Bertz CT molecular complexity index is 406. The molecule has 0 amide bonds. The molecule has 5 heteroatoms. The van der Waals surface area contributed by atoms with Crippen LogP contribution >= 0.6 is 0 Å². The van der Waals surface area contributed by atoms with Crippen LogP contribution in [0.1, 0.15) is 23.7 Å². The highest BCUT2D eigenvalue weighted by molar-refractivity contribution is 6.69. The standard InChI is InChI=1S/C12H15F2NOSi/c1-17(2,3)16-11(8-15)9-4-6-10(7-5-9)12(13)14/h4-7,11-12H,1-3H3. The molecule has 0 heterocycles. The van der Waals surface area contributed by atoms with Crippen LogP contribution in [0.15, 0.2) is 24.3 Å². The van der Waals surface area contributed by atoms with Crippen molar-refractivity contribution >= 4 is 8.32 Å². The SMILES string of the molecule is C[Si](C)(C)OC(C#N)c1ccc(C(F)F)cc1. The summed E-state index contributed by atoms with van der Waals surface area (Å²) in [5.41, 5.74) is 0.581. The van der Waals surface area contributed by atoms with Crippen LogP contribution < -0.4 is 0 Å². The Morgan fingerprint density at radius 2 is 1.59 bits per heavy atom. The van der Waals surface area contributed by atoms with E-state index in [1.165, 1.54) is 24.3 Å². The van der Waals surface area contributed by atoms with Gasteiger partial charge in [0, 0.05) is 5.56 Å². The van der Waals surface area contributed by atoms with Crippen LogP contribution in [0.4, 0.5) is 8.78 Å². The molecule has 2 nitrogen and oxygen atoms in total. The van der Waals surface area contributed by atoms with Crippen molar-refractivity contribution in [2.45, 2.75) is 32.2 Å². The van der Waals surface area contributed by atoms with E-state index in [1.54, 1.807) is 0 Å². The Hall–Kier alpha value is -1.25. The number of nitriles is 1. The van der Waals surface area contributed by atoms with E-state index in [-0.39, 0.29) is 5.56 Å². The highest BCUT2D eigenvalue weighted by Gasteiger charge is 2.22. The number of benzene rings is 1. The van der Waals surface area contributed by atoms with Crippen molar-refractivity contribution < 1.29 is 13.2 Å². The summed E-state index contributed by atoms with van der Waals surface area (Å²) < 4.78 is 30.4. The average Bonchev–Trinajstić information content (AvgIpc) is 2.25. The number of nitrogens with zero attached hydrogens (tertiary/aromatic N) is 1. The molecule has 1 atom stereocenters. The van der Waals surface area contributed by atoms with Crippen molar-refractivity contribution in [2.75, 3.05) is 0 Å². The topological polar surface area (TPSA) is 33.0 Å². The molecule has 1 unspecified atom stereocenters. The highest BCUT2D eigenvalue weighted by Crippen LogP contribution is 2.24. The zero-order chi connectivity index (χ0) is 13.1. The fourth-order valence-corrected chi connectivity index (χ4v) is 2.23. The van der Waals surface area contributed by atoms with Gasteiger partial charge < -0.3 is 4.43 Å². The monoisotopic (exact) mass is 255 g/mol. The van der Waals surface area contributed by atoms with E-state index in [9.17, 15) is 8.78 Å². The van der Waals surface area contributed by atoms with Gasteiger partial charge in [0.2, 0.25) is 0 Å². The Morgan fingerprint density at radius 3 is 1.94 bits per heavy atom. The van der Waals surface area contributed by atoms with Crippen LogP contribution in [0.25, 0.3) is 0 Å². The van der Waals surface area contributed by atoms with E-state index in [0.717, 1.165) is 0 Å². The summed E-state index contributed by atoms with van der Waals surface area (Å²) in [5.74, 6) is 0. The number of hydrogen-bond donors (Lipinski definition) is 0. The highest BCUT2D eigenvalue weighted by atomic mass is 28.4. The van der Waals surface area contributed by atoms with Gasteiger partial charge in [0.25, 0.3) is 6.43 Å². The molecule has 1 aromatic carbocycles. The third kappa shape index (κ3) is 4.25. The van der Waals surface area contributed by atoms with Gasteiger partial charge in [-0.1, -0.05) is 24.3 Å². The fraction of sp³-hybridized carbons (Fsp3) is 0.417. The summed E-state index contributed by atoms with van der Waals surface area (Å²) in [7, 11) is -1.83. The second-order valence-electron chi connectivity index (χ2n) is 4.71. The molecule has 0 bridgehead atoms. The molecule has 1 rings (SSSR count). The summed E-state index contributed by atoms with van der Waals surface area (Å²) in [4.78, 5) is 0. The molecular formula is C12H15F2NOSi. The van der Waals surface area contributed by atoms with Gasteiger partial charge in [0.15, 0.2) is 14.4 Å². The first-order chi connectivity index (χ1) is 7.83. The average molecular weight is 255 g/mol. The molecule has 0 N–H and O–H groups in total. The van der Waals surface area contributed by atoms with Crippen molar-refractivity contribution in [3.8, 4) is 6.07 Å². The van der Waals surface area contributed by atoms with E-state index in [4.69, 9.17) is 9.69 Å². The summed E-state index contributed by atoms with van der Waals surface area (Å²) in [5, 5.41) is 9.02. The van der Waals surface area contributed by atoms with Gasteiger partial charge in [-0.2, -0.15) is 5.26 Å². The predicted molar refractivity (Wildman–Crippen MR) is 64.2 cm³/mol. The van der Waals surface area contributed by atoms with Gasteiger partial charge in [0.1, 0.15) is 0 Å². The zero-order valence-electron chi connectivity index (χ0n) is 10.1. The Kier molecular flexibility index (Phi) is 4.38. The van der Waals surface area contributed by atoms with Crippen LogP contribution in [0.5, 0.6) is 0 Å². The maximum atomic E-state index is 12.4. The van der Waals surface area contributed by atoms with Gasteiger partial charge in [-0.25, -0.2) is 8.78 Å². The molecule has 0 saturated heterocycles. The zero-order valence-corrected chi connectivity index (χ0v) is 11.1. The third-order valence-electron chi connectivity index (χ3n) is 2.08. The quantitative estimate of drug-likeness (QED) is 0.761. The Labute approximate surface area is 101 Å². The lowest BCUT2D eigenvalue weighted by Crippen LogP contribution is -2.27. The van der Waals surface area contributed by atoms with Crippen molar-refractivity contribution in [1.29, 1.82) is 5.26 Å². The molecule has 17 heavy (non-hydrogen) atoms. The van der Waals surface area contributed by atoms with Gasteiger partial charge in [0.05, 0.1) is 6.07 Å². The lowest BCUT2D eigenvalue weighted by Gasteiger charge is -2.21. The molecule has 0 aromatic heterocycles. The fourth-order valence-electron chi connectivity index (χ4n) is 1.34. The largest absolute Gasteiger partial charge is 0.399 e. The molecule has 0 aliphatic heterocycles. The maximum absolute atomic E-state index is 12.4. The van der Waals surface area contributed by atoms with Crippen molar-refractivity contribution in [1.82, 2.24) is 0 Å². The molecule has 0 aliphatic carbocycles. The minimum atomic E-state index is -2.48. The molecule has 0 radical (unpaired) electrons. The van der Waals surface area contributed by atoms with E-state index in [1.807, 2.05) is 25.7 Å². The van der Waals surface area contributed by atoms with Crippen LogP contribution in [-0.2, 0) is 4.43 Å². The third-order valence-corrected chi connectivity index (χ3v) is 3.02. The first kappa shape index (κ1) is 13.8. The van der Waals surface area contributed by atoms with Crippen molar-refractivity contribution in [2.24, 2.45) is 0 Å². The summed E-state index contributed by atoms with van der Waals surface area (Å²) >= 11 is 0. The van der Waals surface area contributed by atoms with Crippen LogP contribution in [0.2, 0.25) is 19.6 Å². The molecule has 0 spiro atoms. The lowest BCUT2D eigenvalue weighted by molar-refractivity contribution is 0.151. The van der Waals surface area contributed by atoms with Gasteiger partial charge in [-0.05, 0) is 25.2 Å². The molecule has 0 aliphatic rings. The van der Waals surface area contributed by atoms with E-state index >= 15 is 0 Å².